The Labute approximate surface area is 115 Å². The number of pyridine rings is 1. The Kier molecular flexibility index (Phi) is 3.61. The number of aromatic nitrogens is 1. The standard InChI is InChI=1S/C17H22N2/c1-5-17(3,4)14-8-6-13(7-9-14)16-15(18)12(2)10-11-19-16/h6-11H,5,18H2,1-4H3. The van der Waals surface area contributed by atoms with Crippen LogP contribution in [0.25, 0.3) is 11.3 Å². The maximum atomic E-state index is 6.10. The summed E-state index contributed by atoms with van der Waals surface area (Å²) in [7, 11) is 0. The number of aryl methyl sites for hydroxylation is 1. The molecule has 19 heavy (non-hydrogen) atoms. The van der Waals surface area contributed by atoms with Crippen molar-refractivity contribution in [1.82, 2.24) is 4.98 Å². The third-order valence-electron chi connectivity index (χ3n) is 4.03. The molecule has 2 aromatic rings. The van der Waals surface area contributed by atoms with Gasteiger partial charge >= 0.3 is 0 Å². The van der Waals surface area contributed by atoms with Crippen LogP contribution in [0.1, 0.15) is 38.3 Å². The maximum absolute atomic E-state index is 6.10. The van der Waals surface area contributed by atoms with E-state index in [4.69, 9.17) is 5.73 Å². The Hall–Kier alpha value is -1.83. The predicted molar refractivity (Wildman–Crippen MR) is 82.1 cm³/mol. The normalized spacial score (nSPS) is 11.6. The van der Waals surface area contributed by atoms with Crippen LogP contribution in [0.3, 0.4) is 0 Å². The summed E-state index contributed by atoms with van der Waals surface area (Å²) in [5.41, 5.74) is 11.5. The Morgan fingerprint density at radius 2 is 1.74 bits per heavy atom. The van der Waals surface area contributed by atoms with Gasteiger partial charge in [-0.25, -0.2) is 0 Å². The summed E-state index contributed by atoms with van der Waals surface area (Å²) in [4.78, 5) is 4.40. The number of nitrogens with zero attached hydrogens (tertiary/aromatic N) is 1. The number of rotatable bonds is 3. The Morgan fingerprint density at radius 1 is 1.11 bits per heavy atom. The fourth-order valence-electron chi connectivity index (χ4n) is 2.08. The van der Waals surface area contributed by atoms with Crippen LogP contribution in [0.2, 0.25) is 0 Å². The van der Waals surface area contributed by atoms with Gasteiger partial charge in [-0.1, -0.05) is 45.0 Å². The first-order valence-electron chi connectivity index (χ1n) is 6.77. The van der Waals surface area contributed by atoms with E-state index in [9.17, 15) is 0 Å². The van der Waals surface area contributed by atoms with Crippen molar-refractivity contribution >= 4 is 5.69 Å². The second-order valence-corrected chi connectivity index (χ2v) is 5.70. The molecule has 0 unspecified atom stereocenters. The van der Waals surface area contributed by atoms with Crippen LogP contribution in [-0.4, -0.2) is 4.98 Å². The summed E-state index contributed by atoms with van der Waals surface area (Å²) in [6, 6.07) is 10.5. The van der Waals surface area contributed by atoms with Crippen LogP contribution >= 0.6 is 0 Å². The van der Waals surface area contributed by atoms with Crippen molar-refractivity contribution in [2.24, 2.45) is 0 Å². The molecule has 1 heterocycles. The minimum Gasteiger partial charge on any atom is -0.397 e. The number of nitrogen functional groups attached to an aromatic ring is 1. The van der Waals surface area contributed by atoms with Gasteiger partial charge in [0.25, 0.3) is 0 Å². The first-order valence-corrected chi connectivity index (χ1v) is 6.77. The lowest BCUT2D eigenvalue weighted by Gasteiger charge is -2.23. The summed E-state index contributed by atoms with van der Waals surface area (Å²) in [6.07, 6.45) is 2.93. The molecule has 0 fully saturated rings. The van der Waals surface area contributed by atoms with Crippen LogP contribution < -0.4 is 5.73 Å². The van der Waals surface area contributed by atoms with E-state index in [1.165, 1.54) is 5.56 Å². The molecular formula is C17H22N2. The van der Waals surface area contributed by atoms with E-state index < -0.39 is 0 Å². The van der Waals surface area contributed by atoms with E-state index in [2.05, 4.69) is 50.0 Å². The average Bonchev–Trinajstić information content (AvgIpc) is 2.42. The van der Waals surface area contributed by atoms with Crippen molar-refractivity contribution in [1.29, 1.82) is 0 Å². The zero-order valence-corrected chi connectivity index (χ0v) is 12.2. The van der Waals surface area contributed by atoms with E-state index in [1.807, 2.05) is 19.2 Å². The van der Waals surface area contributed by atoms with Gasteiger partial charge in [0, 0.05) is 11.8 Å². The molecule has 0 bridgehead atoms. The lowest BCUT2D eigenvalue weighted by atomic mass is 9.82. The molecule has 0 aliphatic heterocycles. The van der Waals surface area contributed by atoms with Gasteiger partial charge in [-0.3, -0.25) is 4.98 Å². The second kappa shape index (κ2) is 5.04. The van der Waals surface area contributed by atoms with Gasteiger partial charge in [-0.2, -0.15) is 0 Å². The highest BCUT2D eigenvalue weighted by atomic mass is 14.7. The van der Waals surface area contributed by atoms with E-state index >= 15 is 0 Å². The number of hydrogen-bond acceptors (Lipinski definition) is 2. The van der Waals surface area contributed by atoms with Crippen molar-refractivity contribution in [2.75, 3.05) is 5.73 Å². The Bertz CT molecular complexity index is 568. The number of benzene rings is 1. The zero-order valence-electron chi connectivity index (χ0n) is 12.2. The highest BCUT2D eigenvalue weighted by Gasteiger charge is 2.17. The first-order chi connectivity index (χ1) is 8.95. The third-order valence-corrected chi connectivity index (χ3v) is 4.03. The largest absolute Gasteiger partial charge is 0.397 e. The van der Waals surface area contributed by atoms with Crippen LogP contribution in [0, 0.1) is 6.92 Å². The van der Waals surface area contributed by atoms with Gasteiger partial charge in [0.05, 0.1) is 11.4 Å². The number of hydrogen-bond donors (Lipinski definition) is 1. The second-order valence-electron chi connectivity index (χ2n) is 5.70. The fraction of sp³-hybridized carbons (Fsp3) is 0.353. The van der Waals surface area contributed by atoms with Gasteiger partial charge in [0.15, 0.2) is 0 Å². The van der Waals surface area contributed by atoms with Crippen LogP contribution in [-0.2, 0) is 5.41 Å². The molecule has 1 aromatic carbocycles. The molecule has 0 spiro atoms. The summed E-state index contributed by atoms with van der Waals surface area (Å²) < 4.78 is 0. The third kappa shape index (κ3) is 2.62. The van der Waals surface area contributed by atoms with Crippen molar-refractivity contribution in [3.8, 4) is 11.3 Å². The average molecular weight is 254 g/mol. The number of anilines is 1. The van der Waals surface area contributed by atoms with Crippen LogP contribution in [0.5, 0.6) is 0 Å². The monoisotopic (exact) mass is 254 g/mol. The van der Waals surface area contributed by atoms with Gasteiger partial charge in [-0.05, 0) is 36.0 Å². The molecule has 2 N–H and O–H groups in total. The lowest BCUT2D eigenvalue weighted by Crippen LogP contribution is -2.15. The summed E-state index contributed by atoms with van der Waals surface area (Å²) in [5.74, 6) is 0. The highest BCUT2D eigenvalue weighted by Crippen LogP contribution is 2.30. The van der Waals surface area contributed by atoms with E-state index in [0.717, 1.165) is 28.9 Å². The SMILES string of the molecule is CCC(C)(C)c1ccc(-c2nccc(C)c2N)cc1. The smallest absolute Gasteiger partial charge is 0.0933 e. The predicted octanol–water partition coefficient (Wildman–Crippen LogP) is 4.33. The molecule has 100 valence electrons. The molecule has 2 nitrogen and oxygen atoms in total. The van der Waals surface area contributed by atoms with Gasteiger partial charge < -0.3 is 5.73 Å². The first kappa shape index (κ1) is 13.6. The summed E-state index contributed by atoms with van der Waals surface area (Å²) in [5, 5.41) is 0. The fourth-order valence-corrected chi connectivity index (χ4v) is 2.08. The quantitative estimate of drug-likeness (QED) is 0.885. The highest BCUT2D eigenvalue weighted by molar-refractivity contribution is 5.74. The topological polar surface area (TPSA) is 38.9 Å². The number of nitrogens with two attached hydrogens (primary N) is 1. The van der Waals surface area contributed by atoms with Gasteiger partial charge in [-0.15, -0.1) is 0 Å². The molecule has 0 radical (unpaired) electrons. The molecule has 0 aliphatic carbocycles. The summed E-state index contributed by atoms with van der Waals surface area (Å²) in [6.45, 7) is 8.76. The Balaban J connectivity index is 2.41. The van der Waals surface area contributed by atoms with Crippen molar-refractivity contribution in [3.05, 3.63) is 47.7 Å². The van der Waals surface area contributed by atoms with Crippen molar-refractivity contribution < 1.29 is 0 Å². The summed E-state index contributed by atoms with van der Waals surface area (Å²) >= 11 is 0. The van der Waals surface area contributed by atoms with Crippen LogP contribution in [0.15, 0.2) is 36.5 Å². The molecular weight excluding hydrogens is 232 g/mol. The molecule has 2 rings (SSSR count). The minimum absolute atomic E-state index is 0.212. The van der Waals surface area contributed by atoms with Gasteiger partial charge in [0.1, 0.15) is 0 Å². The molecule has 0 amide bonds. The maximum Gasteiger partial charge on any atom is 0.0933 e. The molecule has 2 heteroatoms. The molecule has 1 aromatic heterocycles. The molecule has 0 atom stereocenters. The Morgan fingerprint density at radius 3 is 2.32 bits per heavy atom. The van der Waals surface area contributed by atoms with E-state index in [1.54, 1.807) is 0 Å². The molecule has 0 saturated heterocycles. The van der Waals surface area contributed by atoms with Crippen LogP contribution in [0.4, 0.5) is 5.69 Å². The molecule has 0 saturated carbocycles. The van der Waals surface area contributed by atoms with Gasteiger partial charge in [0.2, 0.25) is 0 Å². The lowest BCUT2D eigenvalue weighted by molar-refractivity contribution is 0.506. The van der Waals surface area contributed by atoms with Crippen molar-refractivity contribution in [3.63, 3.8) is 0 Å². The van der Waals surface area contributed by atoms with E-state index in [-0.39, 0.29) is 5.41 Å². The minimum atomic E-state index is 0.212. The van der Waals surface area contributed by atoms with Crippen molar-refractivity contribution in [2.45, 2.75) is 39.5 Å². The zero-order chi connectivity index (χ0) is 14.0. The van der Waals surface area contributed by atoms with E-state index in [0.29, 0.717) is 0 Å². The molecule has 0 aliphatic rings.